The number of allylic oxidation sites excluding steroid dienone is 4. The van der Waals surface area contributed by atoms with Gasteiger partial charge in [-0.2, -0.15) is 0 Å². The molecule has 0 aromatic carbocycles. The van der Waals surface area contributed by atoms with Crippen LogP contribution in [0.5, 0.6) is 0 Å². The van der Waals surface area contributed by atoms with Crippen molar-refractivity contribution in [1.29, 1.82) is 0 Å². The van der Waals surface area contributed by atoms with Gasteiger partial charge in [0, 0.05) is 11.6 Å². The van der Waals surface area contributed by atoms with Gasteiger partial charge in [-0.3, -0.25) is 9.59 Å². The Morgan fingerprint density at radius 2 is 1.62 bits per heavy atom. The molecule has 3 heteroatoms. The van der Waals surface area contributed by atoms with Crippen LogP contribution in [0.4, 0.5) is 0 Å². The third kappa shape index (κ3) is 2.07. The molecule has 0 aromatic rings. The van der Waals surface area contributed by atoms with E-state index in [0.717, 1.165) is 0 Å². The Kier molecular flexibility index (Phi) is 2.44. The van der Waals surface area contributed by atoms with Crippen LogP contribution in [0.2, 0.25) is 0 Å². The standard InChI is InChI=1S/C10H11ClO2/c1-10(2,3)6-4-9(13)7(11)5-8(6)12/h4-5H,1-3H3. The lowest BCUT2D eigenvalue weighted by molar-refractivity contribution is -0.115. The molecular formula is C10H11ClO2. The van der Waals surface area contributed by atoms with E-state index in [4.69, 9.17) is 11.6 Å². The Morgan fingerprint density at radius 3 is 2.08 bits per heavy atom. The minimum absolute atomic E-state index is 0.00185. The summed E-state index contributed by atoms with van der Waals surface area (Å²) in [6.07, 6.45) is 2.51. The molecule has 0 aliphatic heterocycles. The first-order chi connectivity index (χ1) is 5.82. The second-order valence-electron chi connectivity index (χ2n) is 4.03. The molecule has 0 saturated carbocycles. The van der Waals surface area contributed by atoms with Gasteiger partial charge in [0.25, 0.3) is 0 Å². The van der Waals surface area contributed by atoms with E-state index in [9.17, 15) is 9.59 Å². The summed E-state index contributed by atoms with van der Waals surface area (Å²) in [6.45, 7) is 5.66. The van der Waals surface area contributed by atoms with Crippen molar-refractivity contribution in [3.05, 3.63) is 22.8 Å². The molecule has 2 nitrogen and oxygen atoms in total. The Labute approximate surface area is 82.3 Å². The molecule has 13 heavy (non-hydrogen) atoms. The van der Waals surface area contributed by atoms with Crippen molar-refractivity contribution in [3.8, 4) is 0 Å². The summed E-state index contributed by atoms with van der Waals surface area (Å²) in [4.78, 5) is 22.6. The summed E-state index contributed by atoms with van der Waals surface area (Å²) in [5.74, 6) is -0.455. The Balaban J connectivity index is 3.11. The maximum absolute atomic E-state index is 11.4. The first-order valence-electron chi connectivity index (χ1n) is 4.00. The number of carbonyl (C=O) groups excluding carboxylic acids is 2. The molecule has 1 rings (SSSR count). The quantitative estimate of drug-likeness (QED) is 0.560. The van der Waals surface area contributed by atoms with Crippen molar-refractivity contribution in [3.63, 3.8) is 0 Å². The van der Waals surface area contributed by atoms with Gasteiger partial charge in [-0.25, -0.2) is 0 Å². The number of hydrogen-bond acceptors (Lipinski definition) is 2. The minimum Gasteiger partial charge on any atom is -0.290 e. The minimum atomic E-state index is -0.305. The largest absolute Gasteiger partial charge is 0.290 e. The van der Waals surface area contributed by atoms with Crippen LogP contribution >= 0.6 is 11.6 Å². The molecular weight excluding hydrogens is 188 g/mol. The van der Waals surface area contributed by atoms with E-state index in [1.807, 2.05) is 20.8 Å². The van der Waals surface area contributed by atoms with Crippen LogP contribution in [0.3, 0.4) is 0 Å². The van der Waals surface area contributed by atoms with Crippen molar-refractivity contribution >= 4 is 23.2 Å². The predicted octanol–water partition coefficient (Wildman–Crippen LogP) is 2.23. The lowest BCUT2D eigenvalue weighted by Gasteiger charge is -2.22. The van der Waals surface area contributed by atoms with Crippen molar-refractivity contribution in [2.75, 3.05) is 0 Å². The van der Waals surface area contributed by atoms with Crippen LogP contribution in [-0.4, -0.2) is 11.6 Å². The molecule has 0 aromatic heterocycles. The van der Waals surface area contributed by atoms with Crippen molar-refractivity contribution < 1.29 is 9.59 Å². The van der Waals surface area contributed by atoms with Crippen molar-refractivity contribution in [2.45, 2.75) is 20.8 Å². The van der Waals surface area contributed by atoms with E-state index in [-0.39, 0.29) is 22.0 Å². The molecule has 0 heterocycles. The monoisotopic (exact) mass is 198 g/mol. The zero-order valence-electron chi connectivity index (χ0n) is 7.85. The molecule has 0 amide bonds. The van der Waals surface area contributed by atoms with Crippen molar-refractivity contribution in [1.82, 2.24) is 0 Å². The molecule has 0 radical (unpaired) electrons. The molecule has 0 spiro atoms. The van der Waals surface area contributed by atoms with Gasteiger partial charge in [0.15, 0.2) is 11.6 Å². The predicted molar refractivity (Wildman–Crippen MR) is 51.5 cm³/mol. The molecule has 0 unspecified atom stereocenters. The SMILES string of the molecule is CC(C)(C)C1=CC(=O)C(Cl)=CC1=O. The van der Waals surface area contributed by atoms with Crippen LogP contribution in [0.15, 0.2) is 22.8 Å². The Morgan fingerprint density at radius 1 is 1.08 bits per heavy atom. The van der Waals surface area contributed by atoms with Gasteiger partial charge in [0.05, 0.1) is 5.03 Å². The molecule has 1 aliphatic rings. The average molecular weight is 199 g/mol. The number of halogens is 1. The molecule has 0 bridgehead atoms. The van der Waals surface area contributed by atoms with Gasteiger partial charge in [0.2, 0.25) is 0 Å². The maximum Gasteiger partial charge on any atom is 0.197 e. The van der Waals surface area contributed by atoms with Crippen molar-refractivity contribution in [2.24, 2.45) is 5.41 Å². The highest BCUT2D eigenvalue weighted by Crippen LogP contribution is 2.29. The second kappa shape index (κ2) is 3.11. The lowest BCUT2D eigenvalue weighted by Crippen LogP contribution is -2.21. The van der Waals surface area contributed by atoms with Gasteiger partial charge in [0.1, 0.15) is 0 Å². The zero-order valence-corrected chi connectivity index (χ0v) is 8.61. The van der Waals surface area contributed by atoms with Crippen LogP contribution in [0.1, 0.15) is 20.8 Å². The van der Waals surface area contributed by atoms with Crippen LogP contribution in [-0.2, 0) is 9.59 Å². The van der Waals surface area contributed by atoms with E-state index in [0.29, 0.717) is 5.57 Å². The van der Waals surface area contributed by atoms with E-state index in [1.54, 1.807) is 0 Å². The first kappa shape index (κ1) is 10.2. The third-order valence-corrected chi connectivity index (χ3v) is 2.14. The molecule has 0 saturated heterocycles. The smallest absolute Gasteiger partial charge is 0.197 e. The maximum atomic E-state index is 11.4. The van der Waals surface area contributed by atoms with Gasteiger partial charge in [-0.1, -0.05) is 32.4 Å². The summed E-state index contributed by atoms with van der Waals surface area (Å²) in [5.41, 5.74) is 0.211. The summed E-state index contributed by atoms with van der Waals surface area (Å²) >= 11 is 5.52. The zero-order chi connectivity index (χ0) is 10.2. The summed E-state index contributed by atoms with van der Waals surface area (Å²) in [7, 11) is 0. The molecule has 1 aliphatic carbocycles. The highest BCUT2D eigenvalue weighted by atomic mass is 35.5. The number of ketones is 2. The molecule has 0 fully saturated rings. The fraction of sp³-hybridized carbons (Fsp3) is 0.400. The summed E-state index contributed by atoms with van der Waals surface area (Å²) in [5, 5.41) is -0.00185. The second-order valence-corrected chi connectivity index (χ2v) is 4.44. The Bertz CT molecular complexity index is 329. The molecule has 0 N–H and O–H groups in total. The van der Waals surface area contributed by atoms with Gasteiger partial charge < -0.3 is 0 Å². The highest BCUT2D eigenvalue weighted by molar-refractivity contribution is 6.47. The summed E-state index contributed by atoms with van der Waals surface area (Å²) in [6, 6.07) is 0. The van der Waals surface area contributed by atoms with Gasteiger partial charge in [-0.15, -0.1) is 0 Å². The van der Waals surface area contributed by atoms with Crippen LogP contribution < -0.4 is 0 Å². The fourth-order valence-corrected chi connectivity index (χ4v) is 1.27. The van der Waals surface area contributed by atoms with Crippen LogP contribution in [0, 0.1) is 5.41 Å². The average Bonchev–Trinajstić information content (AvgIpc) is 1.94. The first-order valence-corrected chi connectivity index (χ1v) is 4.38. The Hall–Kier alpha value is -0.890. The number of rotatable bonds is 0. The van der Waals surface area contributed by atoms with Crippen LogP contribution in [0.25, 0.3) is 0 Å². The molecule has 70 valence electrons. The van der Waals surface area contributed by atoms with Gasteiger partial charge in [-0.05, 0) is 11.5 Å². The van der Waals surface area contributed by atoms with Gasteiger partial charge >= 0.3 is 0 Å². The molecule has 0 atom stereocenters. The highest BCUT2D eigenvalue weighted by Gasteiger charge is 2.27. The third-order valence-electron chi connectivity index (χ3n) is 1.84. The lowest BCUT2D eigenvalue weighted by atomic mass is 9.81. The van der Waals surface area contributed by atoms with E-state index in [1.165, 1.54) is 12.2 Å². The van der Waals surface area contributed by atoms with E-state index in [2.05, 4.69) is 0 Å². The number of carbonyl (C=O) groups is 2. The normalized spacial score (nSPS) is 18.5. The topological polar surface area (TPSA) is 34.1 Å². The van der Waals surface area contributed by atoms with E-state index < -0.39 is 0 Å². The fourth-order valence-electron chi connectivity index (χ4n) is 1.12. The summed E-state index contributed by atoms with van der Waals surface area (Å²) < 4.78 is 0. The van der Waals surface area contributed by atoms with E-state index >= 15 is 0 Å². The number of hydrogen-bond donors (Lipinski definition) is 0.